The van der Waals surface area contributed by atoms with Crippen LogP contribution in [0.3, 0.4) is 0 Å². The smallest absolute Gasteiger partial charge is 0.290 e. The Morgan fingerprint density at radius 2 is 1.75 bits per heavy atom. The van der Waals surface area contributed by atoms with Gasteiger partial charge in [0.15, 0.2) is 0 Å². The second kappa shape index (κ2) is 13.6. The predicted octanol–water partition coefficient (Wildman–Crippen LogP) is 0.978. The molecule has 1 saturated heterocycles. The van der Waals surface area contributed by atoms with Crippen LogP contribution in [0.2, 0.25) is 0 Å². The lowest BCUT2D eigenvalue weighted by atomic mass is 10.0. The largest absolute Gasteiger partial charge is 0.354 e. The minimum absolute atomic E-state index is 0.127. The fourth-order valence-corrected chi connectivity index (χ4v) is 3.26. The fourth-order valence-electron chi connectivity index (χ4n) is 3.26. The van der Waals surface area contributed by atoms with Crippen molar-refractivity contribution in [2.75, 3.05) is 6.54 Å². The van der Waals surface area contributed by atoms with E-state index in [1.54, 1.807) is 6.08 Å². The van der Waals surface area contributed by atoms with E-state index in [-0.39, 0.29) is 24.8 Å². The number of allylic oxidation sites excluding steroid dienone is 1. The molecule has 0 saturated carbocycles. The van der Waals surface area contributed by atoms with Gasteiger partial charge in [-0.3, -0.25) is 24.0 Å². The highest BCUT2D eigenvalue weighted by Crippen LogP contribution is 2.07. The van der Waals surface area contributed by atoms with Crippen LogP contribution in [-0.2, 0) is 24.0 Å². The van der Waals surface area contributed by atoms with E-state index in [2.05, 4.69) is 35.1 Å². The molecule has 0 aliphatic carbocycles. The van der Waals surface area contributed by atoms with Crippen LogP contribution in [-0.4, -0.2) is 54.1 Å². The van der Waals surface area contributed by atoms with Crippen LogP contribution >= 0.6 is 0 Å². The molecule has 3 unspecified atom stereocenters. The van der Waals surface area contributed by atoms with Gasteiger partial charge in [0.2, 0.25) is 23.5 Å². The zero-order chi connectivity index (χ0) is 24.3. The monoisotopic (exact) mass is 450 g/mol. The quantitative estimate of drug-likeness (QED) is 0.339. The Balaban J connectivity index is 2.90. The van der Waals surface area contributed by atoms with Crippen molar-refractivity contribution in [1.29, 1.82) is 0 Å². The first-order chi connectivity index (χ1) is 15.0. The maximum atomic E-state index is 12.7. The molecule has 9 heteroatoms. The lowest BCUT2D eigenvalue weighted by Gasteiger charge is -2.20. The van der Waals surface area contributed by atoms with Crippen LogP contribution < -0.4 is 21.3 Å². The van der Waals surface area contributed by atoms with Crippen molar-refractivity contribution < 1.29 is 24.0 Å². The number of ketones is 1. The molecular formula is C23H38N4O5. The minimum atomic E-state index is -1.09. The first-order valence-corrected chi connectivity index (χ1v) is 11.4. The Labute approximate surface area is 190 Å². The second-order valence-corrected chi connectivity index (χ2v) is 9.12. The van der Waals surface area contributed by atoms with Crippen molar-refractivity contribution in [3.63, 3.8) is 0 Å². The van der Waals surface area contributed by atoms with Gasteiger partial charge in [0.1, 0.15) is 12.1 Å². The van der Waals surface area contributed by atoms with Gasteiger partial charge in [-0.2, -0.15) is 0 Å². The summed E-state index contributed by atoms with van der Waals surface area (Å²) in [5.74, 6) is -2.45. The van der Waals surface area contributed by atoms with Gasteiger partial charge in [0.05, 0.1) is 6.04 Å². The minimum Gasteiger partial charge on any atom is -0.354 e. The van der Waals surface area contributed by atoms with Gasteiger partial charge in [-0.15, -0.1) is 0 Å². The molecule has 0 bridgehead atoms. The van der Waals surface area contributed by atoms with Crippen LogP contribution in [0.15, 0.2) is 12.2 Å². The van der Waals surface area contributed by atoms with E-state index in [9.17, 15) is 24.0 Å². The number of Topliss-reactive ketones (excluding diaryl/α,β-unsaturated/α-hetero) is 1. The van der Waals surface area contributed by atoms with Crippen molar-refractivity contribution in [3.05, 3.63) is 12.2 Å². The van der Waals surface area contributed by atoms with Gasteiger partial charge in [-0.1, -0.05) is 33.8 Å². The summed E-state index contributed by atoms with van der Waals surface area (Å²) in [6, 6.07) is -2.81. The number of hydrogen-bond donors (Lipinski definition) is 4. The highest BCUT2D eigenvalue weighted by atomic mass is 16.2. The Hall–Kier alpha value is -2.71. The molecule has 0 aromatic heterocycles. The summed E-state index contributed by atoms with van der Waals surface area (Å²) in [6.07, 6.45) is 5.96. The van der Waals surface area contributed by atoms with E-state index in [0.717, 1.165) is 12.8 Å². The molecule has 32 heavy (non-hydrogen) atoms. The van der Waals surface area contributed by atoms with Crippen LogP contribution in [0.4, 0.5) is 0 Å². The van der Waals surface area contributed by atoms with E-state index in [4.69, 9.17) is 0 Å². The molecular weight excluding hydrogens is 412 g/mol. The number of rotatable bonds is 7. The van der Waals surface area contributed by atoms with Gasteiger partial charge in [0.25, 0.3) is 5.91 Å². The third-order valence-corrected chi connectivity index (χ3v) is 5.09. The Kier molecular flexibility index (Phi) is 11.7. The molecule has 1 aliphatic heterocycles. The molecule has 4 amide bonds. The number of nitrogens with one attached hydrogen (secondary N) is 4. The van der Waals surface area contributed by atoms with Gasteiger partial charge in [-0.05, 0) is 56.9 Å². The lowest BCUT2D eigenvalue weighted by molar-refractivity contribution is -0.141. The highest BCUT2D eigenvalue weighted by molar-refractivity contribution is 6.38. The molecule has 0 spiro atoms. The zero-order valence-corrected chi connectivity index (χ0v) is 19.8. The summed E-state index contributed by atoms with van der Waals surface area (Å²) >= 11 is 0. The fraction of sp³-hybridized carbons (Fsp3) is 0.696. The van der Waals surface area contributed by atoms with Crippen molar-refractivity contribution in [1.82, 2.24) is 21.3 Å². The first kappa shape index (κ1) is 27.3. The topological polar surface area (TPSA) is 133 Å². The Morgan fingerprint density at radius 3 is 2.38 bits per heavy atom. The van der Waals surface area contributed by atoms with Crippen molar-refractivity contribution in [3.8, 4) is 0 Å². The van der Waals surface area contributed by atoms with E-state index in [1.807, 2.05) is 13.8 Å². The average Bonchev–Trinajstić information content (AvgIpc) is 2.71. The van der Waals surface area contributed by atoms with E-state index in [1.165, 1.54) is 13.0 Å². The molecule has 1 fully saturated rings. The zero-order valence-electron chi connectivity index (χ0n) is 19.8. The third-order valence-electron chi connectivity index (χ3n) is 5.09. The maximum absolute atomic E-state index is 12.7. The molecule has 0 radical (unpaired) electrons. The van der Waals surface area contributed by atoms with E-state index < -0.39 is 41.6 Å². The number of hydrogen-bond acceptors (Lipinski definition) is 5. The Bertz CT molecular complexity index is 717. The van der Waals surface area contributed by atoms with Crippen molar-refractivity contribution >= 4 is 29.4 Å². The summed E-state index contributed by atoms with van der Waals surface area (Å²) in [5, 5.41) is 10.4. The maximum Gasteiger partial charge on any atom is 0.290 e. The summed E-state index contributed by atoms with van der Waals surface area (Å²) < 4.78 is 0. The molecule has 1 aliphatic rings. The Morgan fingerprint density at radius 1 is 1.06 bits per heavy atom. The van der Waals surface area contributed by atoms with Crippen LogP contribution in [0, 0.1) is 11.8 Å². The average molecular weight is 451 g/mol. The van der Waals surface area contributed by atoms with Crippen LogP contribution in [0.5, 0.6) is 0 Å². The van der Waals surface area contributed by atoms with Gasteiger partial charge >= 0.3 is 0 Å². The summed E-state index contributed by atoms with van der Waals surface area (Å²) in [4.78, 5) is 62.2. The van der Waals surface area contributed by atoms with E-state index >= 15 is 0 Å². The summed E-state index contributed by atoms with van der Waals surface area (Å²) in [7, 11) is 0. The van der Waals surface area contributed by atoms with Crippen molar-refractivity contribution in [2.45, 2.75) is 84.8 Å². The number of carbonyl (C=O) groups excluding carboxylic acids is 5. The molecule has 0 aromatic rings. The van der Waals surface area contributed by atoms with Crippen LogP contribution in [0.1, 0.15) is 66.7 Å². The lowest BCUT2D eigenvalue weighted by Crippen LogP contribution is -2.54. The van der Waals surface area contributed by atoms with Crippen molar-refractivity contribution in [2.24, 2.45) is 11.8 Å². The molecule has 3 atom stereocenters. The van der Waals surface area contributed by atoms with E-state index in [0.29, 0.717) is 18.8 Å². The molecule has 1 heterocycles. The SMILES string of the molecule is CC(C)CCC=CC(=O)NC1CCCNC(=O)C(CC(C)C)NC(=O)C(=O)C(C)NC1=O. The molecule has 180 valence electrons. The van der Waals surface area contributed by atoms with Gasteiger partial charge in [-0.25, -0.2) is 0 Å². The standard InChI is InChI=1S/C23H38N4O5/c1-14(2)9-6-7-11-19(28)26-17-10-8-12-24-21(30)18(13-15(3)4)27-23(32)20(29)16(5)25-22(17)31/h7,11,14-18H,6,8-10,12-13H2,1-5H3,(H,24,30)(H,25,31)(H,26,28)(H,27,32). The van der Waals surface area contributed by atoms with Gasteiger partial charge in [0, 0.05) is 6.54 Å². The third kappa shape index (κ3) is 10.1. The summed E-state index contributed by atoms with van der Waals surface area (Å²) in [5.41, 5.74) is 0. The van der Waals surface area contributed by atoms with Crippen LogP contribution in [0.25, 0.3) is 0 Å². The molecule has 1 rings (SSSR count). The summed E-state index contributed by atoms with van der Waals surface area (Å²) in [6.45, 7) is 9.69. The predicted molar refractivity (Wildman–Crippen MR) is 121 cm³/mol. The molecule has 4 N–H and O–H groups in total. The number of amides is 4. The number of carbonyl (C=O) groups is 5. The normalized spacial score (nSPS) is 23.8. The highest BCUT2D eigenvalue weighted by Gasteiger charge is 2.30. The second-order valence-electron chi connectivity index (χ2n) is 9.12. The first-order valence-electron chi connectivity index (χ1n) is 11.4. The van der Waals surface area contributed by atoms with Gasteiger partial charge < -0.3 is 21.3 Å². The molecule has 9 nitrogen and oxygen atoms in total. The molecule has 0 aromatic carbocycles.